The Balaban J connectivity index is 1.92. The fraction of sp³-hybridized carbons (Fsp3) is 0.520. The van der Waals surface area contributed by atoms with E-state index in [-0.39, 0.29) is 0 Å². The Morgan fingerprint density at radius 3 is 1.38 bits per heavy atom. The van der Waals surface area contributed by atoms with Gasteiger partial charge in [0.05, 0.1) is 0 Å². The molecule has 0 saturated carbocycles. The van der Waals surface area contributed by atoms with Gasteiger partial charge in [-0.3, -0.25) is 0 Å². The van der Waals surface area contributed by atoms with Crippen LogP contribution in [-0.4, -0.2) is 19.5 Å². The smallest absolute Gasteiger partial charge is 0.219 e. The van der Waals surface area contributed by atoms with Gasteiger partial charge in [-0.25, -0.2) is 0 Å². The molecule has 0 aromatic heterocycles. The third-order valence-corrected chi connectivity index (χ3v) is 8.64. The maximum atomic E-state index is 6.35. The van der Waals surface area contributed by atoms with Crippen LogP contribution in [0.25, 0.3) is 0 Å². The van der Waals surface area contributed by atoms with Gasteiger partial charge in [-0.1, -0.05) is 77.6 Å². The van der Waals surface area contributed by atoms with Crippen molar-refractivity contribution in [1.82, 2.24) is 0 Å². The van der Waals surface area contributed by atoms with Crippen molar-refractivity contribution in [3.63, 3.8) is 0 Å². The van der Waals surface area contributed by atoms with Crippen LogP contribution in [0.2, 0.25) is 5.67 Å². The van der Waals surface area contributed by atoms with Crippen LogP contribution in [0.4, 0.5) is 0 Å². The molecular weight excluding hydrogens is 388 g/mol. The highest BCUT2D eigenvalue weighted by Gasteiger charge is 2.10. The van der Waals surface area contributed by atoms with Crippen LogP contribution >= 0.6 is 0 Å². The van der Waals surface area contributed by atoms with Gasteiger partial charge < -0.3 is 8.85 Å². The minimum absolute atomic E-state index is 0.577. The van der Waals surface area contributed by atoms with E-state index in [4.69, 9.17) is 8.85 Å². The summed E-state index contributed by atoms with van der Waals surface area (Å²) >= 11 is 0. The highest BCUT2D eigenvalue weighted by molar-refractivity contribution is 6.49. The normalized spacial score (nSPS) is 11.7. The summed E-state index contributed by atoms with van der Waals surface area (Å²) in [5, 5.41) is 0. The highest BCUT2D eigenvalue weighted by Crippen LogP contribution is 2.26. The quantitative estimate of drug-likeness (QED) is 0.292. The van der Waals surface area contributed by atoms with Crippen molar-refractivity contribution in [2.45, 2.75) is 84.7 Å². The van der Waals surface area contributed by atoms with Crippen LogP contribution in [0.3, 0.4) is 0 Å². The van der Waals surface area contributed by atoms with Gasteiger partial charge in [0.2, 0.25) is 19.5 Å². The summed E-state index contributed by atoms with van der Waals surface area (Å²) in [6.45, 7) is 9.02. The zero-order valence-electron chi connectivity index (χ0n) is 19.1. The average molecular weight is 429 g/mol. The van der Waals surface area contributed by atoms with Crippen molar-refractivity contribution < 1.29 is 8.85 Å². The molecular formula is C25H40O2Si2. The predicted molar refractivity (Wildman–Crippen MR) is 132 cm³/mol. The number of aryl methyl sites for hydroxylation is 2. The Hall–Kier alpha value is -1.53. The first-order valence-corrected chi connectivity index (χ1v) is 14.9. The number of hydrogen-bond acceptors (Lipinski definition) is 2. The van der Waals surface area contributed by atoms with Gasteiger partial charge in [0.25, 0.3) is 0 Å². The molecule has 4 heteroatoms. The molecule has 0 N–H and O–H groups in total. The van der Waals surface area contributed by atoms with Crippen molar-refractivity contribution >= 4 is 19.5 Å². The summed E-state index contributed by atoms with van der Waals surface area (Å²) in [5.74, 6) is 2.30. The zero-order valence-corrected chi connectivity index (χ0v) is 21.9. The molecule has 2 nitrogen and oxygen atoms in total. The molecule has 2 rings (SSSR count). The molecule has 0 aliphatic carbocycles. The molecule has 2 aromatic carbocycles. The lowest BCUT2D eigenvalue weighted by Gasteiger charge is -2.17. The lowest BCUT2D eigenvalue weighted by Crippen LogP contribution is -2.13. The third-order valence-electron chi connectivity index (χ3n) is 5.30. The first-order valence-electron chi connectivity index (χ1n) is 11.7. The molecule has 0 amide bonds. The molecule has 29 heavy (non-hydrogen) atoms. The molecule has 0 heterocycles. The lowest BCUT2D eigenvalue weighted by atomic mass is 9.99. The van der Waals surface area contributed by atoms with E-state index in [2.05, 4.69) is 64.1 Å². The summed E-state index contributed by atoms with van der Waals surface area (Å²) < 4.78 is 12.7. The van der Waals surface area contributed by atoms with Gasteiger partial charge in [-0.2, -0.15) is 0 Å². The van der Waals surface area contributed by atoms with Crippen molar-refractivity contribution in [1.29, 1.82) is 0 Å². The Labute approximate surface area is 183 Å². The van der Waals surface area contributed by atoms with Gasteiger partial charge in [0.15, 0.2) is 0 Å². The molecule has 0 fully saturated rings. The Morgan fingerprint density at radius 1 is 0.586 bits per heavy atom. The van der Waals surface area contributed by atoms with Crippen molar-refractivity contribution in [3.8, 4) is 11.5 Å². The first kappa shape index (κ1) is 23.7. The number of rotatable bonds is 14. The number of hydrogen-bond donors (Lipinski definition) is 0. The topological polar surface area (TPSA) is 18.5 Å². The SMILES string of the molecule is CCCc1cccc(O[SiH2]C[SiH2]Oc2cccc(CCC)c2CCC)c1CCC. The van der Waals surface area contributed by atoms with Gasteiger partial charge in [0.1, 0.15) is 11.5 Å². The standard InChI is InChI=1S/C25H40O2Si2/c1-5-11-20-15-9-17-24(22(20)13-7-3)26-28-19-29-27-25-18-10-16-21(12-6-2)23(25)14-8-4/h9-10,15-18H,5-8,11-14,19,28-29H2,1-4H3. The van der Waals surface area contributed by atoms with Gasteiger partial charge >= 0.3 is 0 Å². The zero-order chi connectivity index (χ0) is 20.9. The van der Waals surface area contributed by atoms with E-state index in [9.17, 15) is 0 Å². The molecule has 0 aliphatic heterocycles. The summed E-state index contributed by atoms with van der Waals surface area (Å²) in [4.78, 5) is 0. The Bertz CT molecular complexity index is 669. The minimum Gasteiger partial charge on any atom is -0.549 e. The molecule has 2 aromatic rings. The molecule has 0 bridgehead atoms. The summed E-state index contributed by atoms with van der Waals surface area (Å²) in [6, 6.07) is 13.2. The average Bonchev–Trinajstić information content (AvgIpc) is 2.72. The van der Waals surface area contributed by atoms with Crippen LogP contribution in [0.5, 0.6) is 11.5 Å². The molecule has 0 unspecified atom stereocenters. The fourth-order valence-corrected chi connectivity index (χ4v) is 6.60. The van der Waals surface area contributed by atoms with Crippen molar-refractivity contribution in [2.75, 3.05) is 0 Å². The van der Waals surface area contributed by atoms with Gasteiger partial charge in [-0.15, -0.1) is 0 Å². The number of benzene rings is 2. The van der Waals surface area contributed by atoms with E-state index in [1.54, 1.807) is 0 Å². The second-order valence-electron chi connectivity index (χ2n) is 7.84. The lowest BCUT2D eigenvalue weighted by molar-refractivity contribution is 0.568. The fourth-order valence-electron chi connectivity index (χ4n) is 3.99. The summed E-state index contributed by atoms with van der Waals surface area (Å²) in [6.07, 6.45) is 9.28. The van der Waals surface area contributed by atoms with Crippen LogP contribution < -0.4 is 8.85 Å². The minimum atomic E-state index is -0.577. The van der Waals surface area contributed by atoms with Crippen molar-refractivity contribution in [3.05, 3.63) is 58.7 Å². The van der Waals surface area contributed by atoms with Gasteiger partial charge in [0, 0.05) is 0 Å². The van der Waals surface area contributed by atoms with E-state index in [0.717, 1.165) is 37.2 Å². The Kier molecular flexibility index (Phi) is 11.2. The monoisotopic (exact) mass is 428 g/mol. The van der Waals surface area contributed by atoms with E-state index < -0.39 is 19.5 Å². The molecule has 0 radical (unpaired) electrons. The highest BCUT2D eigenvalue weighted by atomic mass is 28.3. The third kappa shape index (κ3) is 7.34. The molecule has 0 atom stereocenters. The Morgan fingerprint density at radius 2 is 1.00 bits per heavy atom. The maximum absolute atomic E-state index is 6.35. The maximum Gasteiger partial charge on any atom is 0.219 e. The van der Waals surface area contributed by atoms with Crippen molar-refractivity contribution in [2.24, 2.45) is 0 Å². The second kappa shape index (κ2) is 13.7. The van der Waals surface area contributed by atoms with Crippen LogP contribution in [-0.2, 0) is 25.7 Å². The molecule has 0 spiro atoms. The van der Waals surface area contributed by atoms with Crippen LogP contribution in [0, 0.1) is 0 Å². The van der Waals surface area contributed by atoms with Crippen LogP contribution in [0.1, 0.15) is 75.6 Å². The van der Waals surface area contributed by atoms with Crippen LogP contribution in [0.15, 0.2) is 36.4 Å². The second-order valence-corrected chi connectivity index (χ2v) is 12.1. The molecule has 160 valence electrons. The molecule has 0 aliphatic rings. The van der Waals surface area contributed by atoms with Gasteiger partial charge in [-0.05, 0) is 65.7 Å². The first-order chi connectivity index (χ1) is 14.2. The van der Waals surface area contributed by atoms with E-state index in [0.29, 0.717) is 0 Å². The molecule has 0 saturated heterocycles. The predicted octanol–water partition coefficient (Wildman–Crippen LogP) is 5.50. The summed E-state index contributed by atoms with van der Waals surface area (Å²) in [5.41, 5.74) is 7.03. The van der Waals surface area contributed by atoms with E-state index in [1.807, 2.05) is 0 Å². The largest absolute Gasteiger partial charge is 0.549 e. The van der Waals surface area contributed by atoms with E-state index in [1.165, 1.54) is 53.6 Å². The summed E-state index contributed by atoms with van der Waals surface area (Å²) in [7, 11) is -1.15. The van der Waals surface area contributed by atoms with E-state index >= 15 is 0 Å².